The van der Waals surface area contributed by atoms with Gasteiger partial charge in [-0.05, 0) is 30.6 Å². The number of carbonyl (C=O) groups excluding carboxylic acids is 1. The van der Waals surface area contributed by atoms with Gasteiger partial charge in [0.25, 0.3) is 0 Å². The quantitative estimate of drug-likeness (QED) is 0.752. The molecule has 1 N–H and O–H groups in total. The summed E-state index contributed by atoms with van der Waals surface area (Å²) in [7, 11) is 1.62. The molecule has 0 spiro atoms. The molecule has 0 bridgehead atoms. The molecule has 0 aromatic rings. The van der Waals surface area contributed by atoms with Gasteiger partial charge in [-0.1, -0.05) is 27.2 Å². The number of amides is 1. The fraction of sp³-hybridized carbons (Fsp3) is 0.846. The summed E-state index contributed by atoms with van der Waals surface area (Å²) in [5.74, 6) is -0.668. The van der Waals surface area contributed by atoms with Crippen molar-refractivity contribution >= 4 is 11.9 Å². The van der Waals surface area contributed by atoms with Crippen LogP contribution in [0.2, 0.25) is 0 Å². The van der Waals surface area contributed by atoms with Crippen molar-refractivity contribution in [1.29, 1.82) is 0 Å². The lowest BCUT2D eigenvalue weighted by Gasteiger charge is -2.41. The lowest BCUT2D eigenvalue weighted by molar-refractivity contribution is -0.157. The van der Waals surface area contributed by atoms with E-state index in [9.17, 15) is 9.59 Å². The third kappa shape index (κ3) is 3.20. The van der Waals surface area contributed by atoms with Crippen molar-refractivity contribution in [2.24, 2.45) is 17.8 Å². The number of rotatable bonds is 2. The number of likely N-dealkylation sites (N-methyl/N-ethyl adjacent to an activating group) is 1. The Hall–Kier alpha value is -1.06. The maximum absolute atomic E-state index is 11.5. The molecule has 98 valence electrons. The van der Waals surface area contributed by atoms with E-state index >= 15 is 0 Å². The van der Waals surface area contributed by atoms with Gasteiger partial charge in [0.2, 0.25) is 0 Å². The van der Waals surface area contributed by atoms with E-state index < -0.39 is 11.9 Å². The van der Waals surface area contributed by atoms with Crippen molar-refractivity contribution in [3.63, 3.8) is 0 Å². The first kappa shape index (κ1) is 14.0. The van der Waals surface area contributed by atoms with E-state index in [1.165, 1.54) is 11.3 Å². The standard InChI is InChI=1S/C13H23NO3/c1-8(2)10-6-5-9(3)7-11(10)14(4)12(15)13(16)17/h8-11H,5-7H2,1-4H3,(H,16,17). The number of aliphatic carboxylic acids is 1. The van der Waals surface area contributed by atoms with Crippen molar-refractivity contribution in [3.8, 4) is 0 Å². The molecule has 4 nitrogen and oxygen atoms in total. The number of nitrogens with zero attached hydrogens (tertiary/aromatic N) is 1. The number of hydrogen-bond acceptors (Lipinski definition) is 2. The average molecular weight is 241 g/mol. The maximum atomic E-state index is 11.5. The predicted molar refractivity (Wildman–Crippen MR) is 65.5 cm³/mol. The Kier molecular flexibility index (Phi) is 4.54. The second-order valence-electron chi connectivity index (χ2n) is 5.61. The molecule has 4 heteroatoms. The second-order valence-corrected chi connectivity index (χ2v) is 5.61. The lowest BCUT2D eigenvalue weighted by atomic mass is 9.73. The summed E-state index contributed by atoms with van der Waals surface area (Å²) in [5, 5.41) is 8.78. The summed E-state index contributed by atoms with van der Waals surface area (Å²) in [6.45, 7) is 6.46. The van der Waals surface area contributed by atoms with Gasteiger partial charge in [-0.3, -0.25) is 4.79 Å². The topological polar surface area (TPSA) is 57.6 Å². The summed E-state index contributed by atoms with van der Waals surface area (Å²) < 4.78 is 0. The summed E-state index contributed by atoms with van der Waals surface area (Å²) in [6.07, 6.45) is 3.17. The van der Waals surface area contributed by atoms with Crippen molar-refractivity contribution in [3.05, 3.63) is 0 Å². The largest absolute Gasteiger partial charge is 0.474 e. The highest BCUT2D eigenvalue weighted by molar-refractivity contribution is 6.31. The summed E-state index contributed by atoms with van der Waals surface area (Å²) in [6, 6.07) is 0.0716. The zero-order valence-electron chi connectivity index (χ0n) is 11.1. The van der Waals surface area contributed by atoms with Crippen LogP contribution in [0.4, 0.5) is 0 Å². The molecule has 1 fully saturated rings. The second kappa shape index (κ2) is 5.52. The fourth-order valence-corrected chi connectivity index (χ4v) is 2.90. The van der Waals surface area contributed by atoms with E-state index in [1.807, 2.05) is 0 Å². The minimum Gasteiger partial charge on any atom is -0.474 e. The van der Waals surface area contributed by atoms with Crippen LogP contribution in [0.15, 0.2) is 0 Å². The molecule has 17 heavy (non-hydrogen) atoms. The molecule has 0 saturated heterocycles. The smallest absolute Gasteiger partial charge is 0.394 e. The Morgan fingerprint density at radius 3 is 2.35 bits per heavy atom. The van der Waals surface area contributed by atoms with Gasteiger partial charge < -0.3 is 10.0 Å². The molecule has 0 radical (unpaired) electrons. The lowest BCUT2D eigenvalue weighted by Crippen LogP contribution is -2.48. The van der Waals surface area contributed by atoms with E-state index in [0.717, 1.165) is 12.8 Å². The molecule has 3 unspecified atom stereocenters. The molecule has 1 aliphatic carbocycles. The zero-order chi connectivity index (χ0) is 13.2. The van der Waals surface area contributed by atoms with Crippen molar-refractivity contribution < 1.29 is 14.7 Å². The summed E-state index contributed by atoms with van der Waals surface area (Å²) in [4.78, 5) is 23.7. The molecule has 0 aromatic carbocycles. The van der Waals surface area contributed by atoms with Crippen LogP contribution in [0.1, 0.15) is 40.0 Å². The van der Waals surface area contributed by atoms with E-state index in [1.54, 1.807) is 7.05 Å². The number of carbonyl (C=O) groups is 2. The first-order valence-electron chi connectivity index (χ1n) is 6.34. The minimum atomic E-state index is -1.35. The maximum Gasteiger partial charge on any atom is 0.394 e. The van der Waals surface area contributed by atoms with Crippen LogP contribution in [0, 0.1) is 17.8 Å². The highest BCUT2D eigenvalue weighted by Gasteiger charge is 2.36. The Morgan fingerprint density at radius 2 is 1.88 bits per heavy atom. The Balaban J connectivity index is 2.82. The van der Waals surface area contributed by atoms with Crippen LogP contribution in [-0.4, -0.2) is 35.0 Å². The highest BCUT2D eigenvalue weighted by atomic mass is 16.4. The van der Waals surface area contributed by atoms with Gasteiger partial charge in [-0.25, -0.2) is 4.79 Å². The van der Waals surface area contributed by atoms with Gasteiger partial charge in [0, 0.05) is 13.1 Å². The SMILES string of the molecule is CC1CCC(C(C)C)C(N(C)C(=O)C(=O)O)C1. The van der Waals surface area contributed by atoms with Crippen LogP contribution in [0.25, 0.3) is 0 Å². The third-order valence-corrected chi connectivity index (χ3v) is 3.99. The van der Waals surface area contributed by atoms with Crippen LogP contribution in [0.3, 0.4) is 0 Å². The number of carboxylic acids is 1. The van der Waals surface area contributed by atoms with Crippen molar-refractivity contribution in [2.75, 3.05) is 7.05 Å². The molecule has 1 amide bonds. The molecule has 3 atom stereocenters. The van der Waals surface area contributed by atoms with Crippen LogP contribution in [0.5, 0.6) is 0 Å². The molecule has 1 rings (SSSR count). The summed E-state index contributed by atoms with van der Waals surface area (Å²) in [5.41, 5.74) is 0. The average Bonchev–Trinajstić information content (AvgIpc) is 2.26. The van der Waals surface area contributed by atoms with E-state index in [0.29, 0.717) is 17.8 Å². The van der Waals surface area contributed by atoms with E-state index in [2.05, 4.69) is 20.8 Å². The molecule has 1 aliphatic rings. The van der Waals surface area contributed by atoms with E-state index in [4.69, 9.17) is 5.11 Å². The van der Waals surface area contributed by atoms with Crippen LogP contribution >= 0.6 is 0 Å². The first-order chi connectivity index (χ1) is 7.84. The molecule has 1 saturated carbocycles. The zero-order valence-corrected chi connectivity index (χ0v) is 11.1. The Bertz CT molecular complexity index is 301. The van der Waals surface area contributed by atoms with Gasteiger partial charge in [0.1, 0.15) is 0 Å². The van der Waals surface area contributed by atoms with Gasteiger partial charge in [0.15, 0.2) is 0 Å². The van der Waals surface area contributed by atoms with E-state index in [-0.39, 0.29) is 6.04 Å². The Labute approximate surface area is 103 Å². The fourth-order valence-electron chi connectivity index (χ4n) is 2.90. The molecular weight excluding hydrogens is 218 g/mol. The third-order valence-electron chi connectivity index (χ3n) is 3.99. The molecule has 0 heterocycles. The minimum absolute atomic E-state index is 0.0716. The summed E-state index contributed by atoms with van der Waals surface area (Å²) >= 11 is 0. The monoisotopic (exact) mass is 241 g/mol. The normalized spacial score (nSPS) is 29.1. The van der Waals surface area contributed by atoms with Crippen LogP contribution < -0.4 is 0 Å². The van der Waals surface area contributed by atoms with Gasteiger partial charge in [0.05, 0.1) is 0 Å². The highest BCUT2D eigenvalue weighted by Crippen LogP contribution is 2.35. The number of carboxylic acid groups (broad SMARTS) is 1. The molecule has 0 aromatic heterocycles. The Morgan fingerprint density at radius 1 is 1.29 bits per heavy atom. The van der Waals surface area contributed by atoms with Crippen LogP contribution in [-0.2, 0) is 9.59 Å². The van der Waals surface area contributed by atoms with Gasteiger partial charge in [-0.15, -0.1) is 0 Å². The predicted octanol–water partition coefficient (Wildman–Crippen LogP) is 1.99. The van der Waals surface area contributed by atoms with Crippen molar-refractivity contribution in [1.82, 2.24) is 4.90 Å². The van der Waals surface area contributed by atoms with Gasteiger partial charge >= 0.3 is 11.9 Å². The first-order valence-corrected chi connectivity index (χ1v) is 6.34. The van der Waals surface area contributed by atoms with Gasteiger partial charge in [-0.2, -0.15) is 0 Å². The number of hydrogen-bond donors (Lipinski definition) is 1. The molecule has 0 aliphatic heterocycles. The molecular formula is C13H23NO3. The van der Waals surface area contributed by atoms with Crippen molar-refractivity contribution in [2.45, 2.75) is 46.1 Å².